The van der Waals surface area contributed by atoms with Crippen LogP contribution in [-0.2, 0) is 0 Å². The lowest BCUT2D eigenvalue weighted by molar-refractivity contribution is 0.809. The molecule has 2 aromatic rings. The van der Waals surface area contributed by atoms with Gasteiger partial charge in [0.2, 0.25) is 0 Å². The van der Waals surface area contributed by atoms with Crippen molar-refractivity contribution in [2.75, 3.05) is 5.73 Å². The molecular weight excluding hydrogens is 281 g/mol. The highest BCUT2D eigenvalue weighted by Crippen LogP contribution is 2.05. The van der Waals surface area contributed by atoms with Gasteiger partial charge in [-0.1, -0.05) is 0 Å². The second-order valence-corrected chi connectivity index (χ2v) is 3.67. The van der Waals surface area contributed by atoms with E-state index in [4.69, 9.17) is 5.73 Å². The fourth-order valence-electron chi connectivity index (χ4n) is 0.860. The molecule has 0 aliphatic rings. The number of nitrogens with zero attached hydrogens (tertiary/aromatic N) is 4. The molecule has 0 unspecified atom stereocenters. The third-order valence-electron chi connectivity index (χ3n) is 1.41. The fraction of sp³-hybridized carbons (Fsp3) is 0. The Morgan fingerprint density at radius 3 is 2.46 bits per heavy atom. The van der Waals surface area contributed by atoms with Crippen molar-refractivity contribution in [1.29, 1.82) is 0 Å². The normalized spacial score (nSPS) is 10.2. The van der Waals surface area contributed by atoms with Crippen molar-refractivity contribution in [2.24, 2.45) is 0 Å². The van der Waals surface area contributed by atoms with Gasteiger partial charge in [0.25, 0.3) is 5.95 Å². The van der Waals surface area contributed by atoms with Gasteiger partial charge in [-0.3, -0.25) is 0 Å². The molecule has 0 radical (unpaired) electrons. The van der Waals surface area contributed by atoms with Crippen molar-refractivity contribution >= 4 is 28.3 Å². The maximum absolute atomic E-state index is 5.45. The summed E-state index contributed by atoms with van der Waals surface area (Å²) in [5.74, 6) is 0.525. The lowest BCUT2D eigenvalue weighted by Gasteiger charge is -1.97. The summed E-state index contributed by atoms with van der Waals surface area (Å²) in [6.45, 7) is 0. The topological polar surface area (TPSA) is 69.6 Å². The summed E-state index contributed by atoms with van der Waals surface area (Å²) in [5, 5.41) is 4.06. The number of nitrogens with two attached hydrogens (primary N) is 1. The molecule has 0 aliphatic carbocycles. The number of halogens is 1. The van der Waals surface area contributed by atoms with Crippen LogP contribution >= 0.6 is 22.6 Å². The first-order chi connectivity index (χ1) is 6.25. The van der Waals surface area contributed by atoms with Crippen LogP contribution in [0.5, 0.6) is 0 Å². The number of hydrogen-bond donors (Lipinski definition) is 1. The SMILES string of the molecule is Nc1cnc(-n2cc(I)cn2)nc1. The predicted molar refractivity (Wildman–Crippen MR) is 56.3 cm³/mol. The Bertz CT molecular complexity index is 407. The van der Waals surface area contributed by atoms with Crippen LogP contribution in [0.1, 0.15) is 0 Å². The molecule has 0 bridgehead atoms. The van der Waals surface area contributed by atoms with Crippen LogP contribution in [0.3, 0.4) is 0 Å². The lowest BCUT2D eigenvalue weighted by Crippen LogP contribution is -2.01. The molecule has 0 spiro atoms. The molecule has 2 aromatic heterocycles. The average Bonchev–Trinajstić information content (AvgIpc) is 2.53. The van der Waals surface area contributed by atoms with E-state index < -0.39 is 0 Å². The molecule has 13 heavy (non-hydrogen) atoms. The van der Waals surface area contributed by atoms with Crippen molar-refractivity contribution in [1.82, 2.24) is 19.7 Å². The van der Waals surface area contributed by atoms with Gasteiger partial charge in [-0.2, -0.15) is 5.10 Å². The van der Waals surface area contributed by atoms with Crippen molar-refractivity contribution in [3.05, 3.63) is 28.4 Å². The summed E-state index contributed by atoms with van der Waals surface area (Å²) < 4.78 is 2.64. The molecule has 2 rings (SSSR count). The number of hydrogen-bond acceptors (Lipinski definition) is 4. The standard InChI is InChI=1S/C7H6IN5/c8-5-1-12-13(4-5)7-10-2-6(9)3-11-7/h1-4H,9H2. The van der Waals surface area contributed by atoms with E-state index in [0.29, 0.717) is 11.6 Å². The number of aromatic nitrogens is 4. The van der Waals surface area contributed by atoms with Crippen molar-refractivity contribution < 1.29 is 0 Å². The summed E-state index contributed by atoms with van der Waals surface area (Å²) in [6.07, 6.45) is 6.68. The molecule has 66 valence electrons. The average molecular weight is 287 g/mol. The quantitative estimate of drug-likeness (QED) is 0.789. The molecule has 0 amide bonds. The molecule has 5 nitrogen and oxygen atoms in total. The van der Waals surface area contributed by atoms with Gasteiger partial charge in [-0.15, -0.1) is 0 Å². The van der Waals surface area contributed by atoms with Crippen LogP contribution in [0.25, 0.3) is 5.95 Å². The first kappa shape index (κ1) is 8.42. The minimum absolute atomic E-state index is 0.525. The van der Waals surface area contributed by atoms with Gasteiger partial charge in [-0.05, 0) is 22.6 Å². The lowest BCUT2D eigenvalue weighted by atomic mass is 10.6. The van der Waals surface area contributed by atoms with Crippen molar-refractivity contribution in [3.63, 3.8) is 0 Å². The maximum atomic E-state index is 5.45. The Kier molecular flexibility index (Phi) is 2.13. The molecule has 0 atom stereocenters. The Morgan fingerprint density at radius 1 is 1.23 bits per heavy atom. The largest absolute Gasteiger partial charge is 0.396 e. The third-order valence-corrected chi connectivity index (χ3v) is 1.97. The van der Waals surface area contributed by atoms with E-state index in [2.05, 4.69) is 37.7 Å². The molecule has 0 fully saturated rings. The van der Waals surface area contributed by atoms with Gasteiger partial charge in [0.15, 0.2) is 0 Å². The summed E-state index contributed by atoms with van der Waals surface area (Å²) in [5.41, 5.74) is 6.00. The number of nitrogen functional groups attached to an aromatic ring is 1. The van der Waals surface area contributed by atoms with Crippen molar-refractivity contribution in [2.45, 2.75) is 0 Å². The minimum Gasteiger partial charge on any atom is -0.396 e. The van der Waals surface area contributed by atoms with E-state index >= 15 is 0 Å². The van der Waals surface area contributed by atoms with E-state index in [1.54, 1.807) is 23.3 Å². The second kappa shape index (κ2) is 3.29. The van der Waals surface area contributed by atoms with Crippen LogP contribution in [0.4, 0.5) is 5.69 Å². The van der Waals surface area contributed by atoms with Gasteiger partial charge in [0, 0.05) is 6.20 Å². The van der Waals surface area contributed by atoms with E-state index in [9.17, 15) is 0 Å². The molecule has 0 aliphatic heterocycles. The van der Waals surface area contributed by atoms with Gasteiger partial charge in [0.1, 0.15) is 0 Å². The highest BCUT2D eigenvalue weighted by molar-refractivity contribution is 14.1. The third kappa shape index (κ3) is 1.77. The highest BCUT2D eigenvalue weighted by atomic mass is 127. The van der Waals surface area contributed by atoms with Crippen LogP contribution in [0.15, 0.2) is 24.8 Å². The van der Waals surface area contributed by atoms with E-state index in [1.165, 1.54) is 0 Å². The molecule has 0 saturated heterocycles. The Labute approximate surface area is 88.1 Å². The predicted octanol–water partition coefficient (Wildman–Crippen LogP) is 0.849. The zero-order chi connectivity index (χ0) is 9.26. The van der Waals surface area contributed by atoms with Crippen LogP contribution in [0.2, 0.25) is 0 Å². The monoisotopic (exact) mass is 287 g/mol. The van der Waals surface area contributed by atoms with Crippen LogP contribution in [0, 0.1) is 3.57 Å². The Balaban J connectivity index is 2.41. The van der Waals surface area contributed by atoms with E-state index in [1.807, 2.05) is 6.20 Å². The molecule has 0 aromatic carbocycles. The summed E-state index contributed by atoms with van der Waals surface area (Å²) in [4.78, 5) is 8.05. The smallest absolute Gasteiger partial charge is 0.250 e. The first-order valence-corrected chi connectivity index (χ1v) is 4.61. The first-order valence-electron chi connectivity index (χ1n) is 3.54. The number of rotatable bonds is 1. The zero-order valence-electron chi connectivity index (χ0n) is 6.55. The second-order valence-electron chi connectivity index (χ2n) is 2.42. The van der Waals surface area contributed by atoms with E-state index in [0.717, 1.165) is 3.57 Å². The summed E-state index contributed by atoms with van der Waals surface area (Å²) >= 11 is 2.17. The molecule has 6 heteroatoms. The van der Waals surface area contributed by atoms with Gasteiger partial charge < -0.3 is 5.73 Å². The Hall–Kier alpha value is -1.18. The molecular formula is C7H6IN5. The highest BCUT2D eigenvalue weighted by Gasteiger charge is 2.00. The van der Waals surface area contributed by atoms with Gasteiger partial charge in [-0.25, -0.2) is 14.6 Å². The fourth-order valence-corrected chi connectivity index (χ4v) is 1.25. The van der Waals surface area contributed by atoms with Crippen molar-refractivity contribution in [3.8, 4) is 5.95 Å². The van der Waals surface area contributed by atoms with Crippen LogP contribution in [-0.4, -0.2) is 19.7 Å². The molecule has 0 saturated carbocycles. The maximum Gasteiger partial charge on any atom is 0.250 e. The summed E-state index contributed by atoms with van der Waals surface area (Å²) in [6, 6.07) is 0. The van der Waals surface area contributed by atoms with Crippen LogP contribution < -0.4 is 5.73 Å². The summed E-state index contributed by atoms with van der Waals surface area (Å²) in [7, 11) is 0. The van der Waals surface area contributed by atoms with Gasteiger partial charge in [0.05, 0.1) is 27.8 Å². The zero-order valence-corrected chi connectivity index (χ0v) is 8.71. The molecule has 2 heterocycles. The minimum atomic E-state index is 0.525. The number of anilines is 1. The van der Waals surface area contributed by atoms with Gasteiger partial charge >= 0.3 is 0 Å². The Morgan fingerprint density at radius 2 is 1.92 bits per heavy atom. The van der Waals surface area contributed by atoms with E-state index in [-0.39, 0.29) is 0 Å². The molecule has 2 N–H and O–H groups in total.